The third-order valence-corrected chi connectivity index (χ3v) is 2.87. The van der Waals surface area contributed by atoms with E-state index in [0.29, 0.717) is 18.1 Å². The van der Waals surface area contributed by atoms with E-state index in [1.165, 1.54) is 6.33 Å². The molecule has 0 radical (unpaired) electrons. The van der Waals surface area contributed by atoms with Gasteiger partial charge in [0.2, 0.25) is 0 Å². The van der Waals surface area contributed by atoms with Crippen molar-refractivity contribution in [3.8, 4) is 6.07 Å². The van der Waals surface area contributed by atoms with Gasteiger partial charge in [0.05, 0.1) is 12.6 Å². The molecule has 1 atom stereocenters. The molecule has 0 unspecified atom stereocenters. The molecule has 2 aromatic rings. The molecule has 1 saturated heterocycles. The van der Waals surface area contributed by atoms with Crippen LogP contribution in [0.2, 0.25) is 0 Å². The molecule has 3 heterocycles. The molecule has 0 spiro atoms. The predicted octanol–water partition coefficient (Wildman–Crippen LogP) is 1.10. The van der Waals surface area contributed by atoms with E-state index >= 15 is 0 Å². The molecule has 1 fully saturated rings. The zero-order chi connectivity index (χ0) is 12.4. The van der Waals surface area contributed by atoms with Crippen LogP contribution >= 0.6 is 0 Å². The topological polar surface area (TPSA) is 83.7 Å². The molecular formula is C12H11N5O. The van der Waals surface area contributed by atoms with E-state index in [1.54, 1.807) is 12.3 Å². The van der Waals surface area contributed by atoms with Crippen LogP contribution in [0.25, 0.3) is 10.9 Å². The minimum atomic E-state index is 0.226. The Morgan fingerprint density at radius 3 is 3.22 bits per heavy atom. The Hall–Kier alpha value is -2.26. The largest absolute Gasteiger partial charge is 0.379 e. The van der Waals surface area contributed by atoms with Crippen molar-refractivity contribution in [1.82, 2.24) is 15.0 Å². The first-order chi connectivity index (χ1) is 8.86. The number of hydrogen-bond donors (Lipinski definition) is 1. The zero-order valence-corrected chi connectivity index (χ0v) is 9.63. The van der Waals surface area contributed by atoms with E-state index < -0.39 is 0 Å². The van der Waals surface area contributed by atoms with Gasteiger partial charge in [0.25, 0.3) is 0 Å². The molecule has 0 aromatic carbocycles. The number of nitrogens with zero attached hydrogens (tertiary/aromatic N) is 4. The summed E-state index contributed by atoms with van der Waals surface area (Å²) in [5.41, 5.74) is 1.09. The number of nitrogens with one attached hydrogen (secondary N) is 1. The molecule has 0 saturated carbocycles. The monoisotopic (exact) mass is 241 g/mol. The second-order valence-corrected chi connectivity index (χ2v) is 4.13. The third-order valence-electron chi connectivity index (χ3n) is 2.87. The highest BCUT2D eigenvalue weighted by Gasteiger charge is 2.17. The van der Waals surface area contributed by atoms with Gasteiger partial charge in [-0.1, -0.05) is 0 Å². The molecule has 0 aliphatic carbocycles. The van der Waals surface area contributed by atoms with Crippen LogP contribution < -0.4 is 5.32 Å². The molecule has 2 aromatic heterocycles. The van der Waals surface area contributed by atoms with Gasteiger partial charge in [-0.05, 0) is 12.5 Å². The molecule has 6 heteroatoms. The Kier molecular flexibility index (Phi) is 2.74. The first-order valence-electron chi connectivity index (χ1n) is 5.72. The van der Waals surface area contributed by atoms with Gasteiger partial charge in [-0.15, -0.1) is 0 Å². The number of rotatable bonds is 2. The number of fused-ring (bicyclic) bond motifs is 1. The molecule has 1 aliphatic rings. The summed E-state index contributed by atoms with van der Waals surface area (Å²) in [6.07, 6.45) is 4.10. The first kappa shape index (κ1) is 10.9. The lowest BCUT2D eigenvalue weighted by molar-refractivity contribution is 0.195. The van der Waals surface area contributed by atoms with E-state index in [9.17, 15) is 0 Å². The minimum Gasteiger partial charge on any atom is -0.379 e. The van der Waals surface area contributed by atoms with Gasteiger partial charge in [-0.2, -0.15) is 5.26 Å². The molecule has 90 valence electrons. The summed E-state index contributed by atoms with van der Waals surface area (Å²) in [5.74, 6) is 0.627. The fourth-order valence-corrected chi connectivity index (χ4v) is 2.00. The van der Waals surface area contributed by atoms with Gasteiger partial charge in [0.15, 0.2) is 5.82 Å². The Morgan fingerprint density at radius 1 is 1.50 bits per heavy atom. The molecular weight excluding hydrogens is 230 g/mol. The highest BCUT2D eigenvalue weighted by molar-refractivity contribution is 5.88. The summed E-state index contributed by atoms with van der Waals surface area (Å²) < 4.78 is 5.31. The summed E-state index contributed by atoms with van der Waals surface area (Å²) in [4.78, 5) is 12.4. The van der Waals surface area contributed by atoms with Crippen molar-refractivity contribution in [2.24, 2.45) is 0 Å². The lowest BCUT2D eigenvalue weighted by Crippen LogP contribution is -2.20. The van der Waals surface area contributed by atoms with Crippen LogP contribution in [0, 0.1) is 11.3 Å². The lowest BCUT2D eigenvalue weighted by atomic mass is 10.2. The smallest absolute Gasteiger partial charge is 0.154 e. The maximum atomic E-state index is 8.98. The molecule has 18 heavy (non-hydrogen) atoms. The van der Waals surface area contributed by atoms with E-state index in [0.717, 1.165) is 23.9 Å². The van der Waals surface area contributed by atoms with Crippen LogP contribution in [0.1, 0.15) is 12.1 Å². The zero-order valence-electron chi connectivity index (χ0n) is 9.63. The average Bonchev–Trinajstić information content (AvgIpc) is 2.91. The Labute approximate surface area is 104 Å². The minimum absolute atomic E-state index is 0.226. The van der Waals surface area contributed by atoms with Crippen molar-refractivity contribution in [1.29, 1.82) is 5.26 Å². The fourth-order valence-electron chi connectivity index (χ4n) is 2.00. The van der Waals surface area contributed by atoms with Crippen LogP contribution in [0.5, 0.6) is 0 Å². The second-order valence-electron chi connectivity index (χ2n) is 4.13. The third kappa shape index (κ3) is 1.96. The standard InChI is InChI=1S/C12H11N5O/c13-4-10-3-8-5-14-7-15-11(8)12(17-10)16-9-1-2-18-6-9/h3,5,7,9H,1-2,6H2,(H,16,17)/t9-/m1/s1. The van der Waals surface area contributed by atoms with Crippen molar-refractivity contribution in [2.45, 2.75) is 12.5 Å². The number of pyridine rings is 1. The van der Waals surface area contributed by atoms with Gasteiger partial charge < -0.3 is 10.1 Å². The van der Waals surface area contributed by atoms with Crippen molar-refractivity contribution in [3.63, 3.8) is 0 Å². The quantitative estimate of drug-likeness (QED) is 0.847. The Morgan fingerprint density at radius 2 is 2.44 bits per heavy atom. The maximum Gasteiger partial charge on any atom is 0.154 e. The Balaban J connectivity index is 2.05. The summed E-state index contributed by atoms with van der Waals surface area (Å²) in [7, 11) is 0. The van der Waals surface area contributed by atoms with Crippen LogP contribution in [0.3, 0.4) is 0 Å². The van der Waals surface area contributed by atoms with Crippen LogP contribution in [0.4, 0.5) is 5.82 Å². The van der Waals surface area contributed by atoms with E-state index in [-0.39, 0.29) is 6.04 Å². The highest BCUT2D eigenvalue weighted by atomic mass is 16.5. The van der Waals surface area contributed by atoms with E-state index in [2.05, 4.69) is 20.3 Å². The summed E-state index contributed by atoms with van der Waals surface area (Å²) >= 11 is 0. The van der Waals surface area contributed by atoms with Gasteiger partial charge in [-0.3, -0.25) is 0 Å². The maximum absolute atomic E-state index is 8.98. The fraction of sp³-hybridized carbons (Fsp3) is 0.333. The van der Waals surface area contributed by atoms with Crippen molar-refractivity contribution in [3.05, 3.63) is 24.3 Å². The van der Waals surface area contributed by atoms with Gasteiger partial charge in [0, 0.05) is 18.2 Å². The molecule has 3 rings (SSSR count). The molecule has 1 N–H and O–H groups in total. The molecule has 6 nitrogen and oxygen atoms in total. The van der Waals surface area contributed by atoms with Crippen LogP contribution in [-0.4, -0.2) is 34.2 Å². The number of hydrogen-bond acceptors (Lipinski definition) is 6. The van der Waals surface area contributed by atoms with Gasteiger partial charge >= 0.3 is 0 Å². The van der Waals surface area contributed by atoms with E-state index in [4.69, 9.17) is 10.00 Å². The average molecular weight is 241 g/mol. The predicted molar refractivity (Wildman–Crippen MR) is 64.9 cm³/mol. The number of ether oxygens (including phenoxy) is 1. The highest BCUT2D eigenvalue weighted by Crippen LogP contribution is 2.21. The SMILES string of the molecule is N#Cc1cc2cncnc2c(N[C@@H]2CCOC2)n1. The van der Waals surface area contributed by atoms with Crippen LogP contribution in [-0.2, 0) is 4.74 Å². The van der Waals surface area contributed by atoms with Gasteiger partial charge in [0.1, 0.15) is 23.6 Å². The van der Waals surface area contributed by atoms with Crippen molar-refractivity contribution in [2.75, 3.05) is 18.5 Å². The summed E-state index contributed by atoms with van der Waals surface area (Å²) in [5, 5.41) is 13.1. The second kappa shape index (κ2) is 4.55. The number of nitriles is 1. The summed E-state index contributed by atoms with van der Waals surface area (Å²) in [6.45, 7) is 1.41. The first-order valence-corrected chi connectivity index (χ1v) is 5.72. The summed E-state index contributed by atoms with van der Waals surface area (Å²) in [6, 6.07) is 3.96. The van der Waals surface area contributed by atoms with Gasteiger partial charge in [-0.25, -0.2) is 15.0 Å². The molecule has 1 aliphatic heterocycles. The van der Waals surface area contributed by atoms with Crippen molar-refractivity contribution >= 4 is 16.7 Å². The van der Waals surface area contributed by atoms with Crippen molar-refractivity contribution < 1.29 is 4.74 Å². The lowest BCUT2D eigenvalue weighted by Gasteiger charge is -2.12. The molecule has 0 bridgehead atoms. The molecule has 0 amide bonds. The van der Waals surface area contributed by atoms with E-state index in [1.807, 2.05) is 6.07 Å². The number of aromatic nitrogens is 3. The normalized spacial score (nSPS) is 18.7. The Bertz CT molecular complexity index is 615. The number of anilines is 1. The van der Waals surface area contributed by atoms with Crippen LogP contribution in [0.15, 0.2) is 18.6 Å².